The Labute approximate surface area is 198 Å². The molecule has 1 unspecified atom stereocenters. The van der Waals surface area contributed by atoms with Crippen molar-refractivity contribution in [3.63, 3.8) is 0 Å². The second-order valence-corrected chi connectivity index (χ2v) is 8.25. The van der Waals surface area contributed by atoms with Crippen molar-refractivity contribution in [2.45, 2.75) is 6.23 Å². The summed E-state index contributed by atoms with van der Waals surface area (Å²) in [4.78, 5) is 2.30. The Morgan fingerprint density at radius 3 is 2.85 bits per heavy atom. The van der Waals surface area contributed by atoms with E-state index in [0.717, 1.165) is 55.4 Å². The zero-order valence-corrected chi connectivity index (χ0v) is 19.2. The van der Waals surface area contributed by atoms with Crippen LogP contribution in [-0.2, 0) is 4.74 Å². The Hall–Kier alpha value is -2.96. The van der Waals surface area contributed by atoms with Crippen LogP contribution in [0.5, 0.6) is 11.5 Å². The van der Waals surface area contributed by atoms with Crippen LogP contribution in [0.2, 0.25) is 5.02 Å². The molecule has 1 saturated heterocycles. The first-order chi connectivity index (χ1) is 16.1. The monoisotopic (exact) mass is 470 g/mol. The van der Waals surface area contributed by atoms with Gasteiger partial charge < -0.3 is 30.0 Å². The molecule has 0 bridgehead atoms. The number of methoxy groups -OCH3 is 1. The topological polar surface area (TPSA) is 99.0 Å². The highest BCUT2D eigenvalue weighted by Gasteiger charge is 2.22. The Balaban J connectivity index is 1.44. The van der Waals surface area contributed by atoms with Crippen molar-refractivity contribution in [1.29, 1.82) is 5.26 Å². The lowest BCUT2D eigenvalue weighted by molar-refractivity contribution is 0.0323. The SMILES string of the molecule is COc1cc(NCC2=Cc3cc(Cl)cc(OCCN4CCOCC4)c3NC2O)ccc1C#N. The first kappa shape index (κ1) is 23.2. The minimum atomic E-state index is -0.881. The van der Waals surface area contributed by atoms with E-state index in [1.165, 1.54) is 7.11 Å². The van der Waals surface area contributed by atoms with E-state index in [2.05, 4.69) is 21.6 Å². The van der Waals surface area contributed by atoms with Crippen LogP contribution in [0, 0.1) is 11.3 Å². The summed E-state index contributed by atoms with van der Waals surface area (Å²) in [5, 5.41) is 26.8. The van der Waals surface area contributed by atoms with E-state index < -0.39 is 6.23 Å². The summed E-state index contributed by atoms with van der Waals surface area (Å²) in [5.41, 5.74) is 3.56. The fourth-order valence-corrected chi connectivity index (χ4v) is 4.06. The second-order valence-electron chi connectivity index (χ2n) is 7.82. The molecule has 0 saturated carbocycles. The molecular weight excluding hydrogens is 444 g/mol. The molecule has 2 heterocycles. The molecule has 1 atom stereocenters. The van der Waals surface area contributed by atoms with Crippen molar-refractivity contribution in [2.75, 3.05) is 63.7 Å². The molecule has 0 amide bonds. The van der Waals surface area contributed by atoms with Gasteiger partial charge in [0.25, 0.3) is 0 Å². The predicted molar refractivity (Wildman–Crippen MR) is 128 cm³/mol. The molecule has 9 heteroatoms. The summed E-state index contributed by atoms with van der Waals surface area (Å²) in [7, 11) is 1.53. The molecule has 8 nitrogen and oxygen atoms in total. The van der Waals surface area contributed by atoms with Gasteiger partial charge in [-0.1, -0.05) is 11.6 Å². The number of hydrogen-bond acceptors (Lipinski definition) is 8. The summed E-state index contributed by atoms with van der Waals surface area (Å²) in [6, 6.07) is 11.0. The Bertz CT molecular complexity index is 1060. The van der Waals surface area contributed by atoms with E-state index >= 15 is 0 Å². The maximum atomic E-state index is 10.7. The molecule has 2 aliphatic heterocycles. The highest BCUT2D eigenvalue weighted by Crippen LogP contribution is 2.38. The molecule has 0 aromatic heterocycles. The predicted octanol–water partition coefficient (Wildman–Crippen LogP) is 3.17. The van der Waals surface area contributed by atoms with Gasteiger partial charge in [0.15, 0.2) is 0 Å². The highest BCUT2D eigenvalue weighted by molar-refractivity contribution is 6.31. The Morgan fingerprint density at radius 2 is 2.09 bits per heavy atom. The molecule has 1 fully saturated rings. The zero-order valence-electron chi connectivity index (χ0n) is 18.4. The third-order valence-corrected chi connectivity index (χ3v) is 5.88. The van der Waals surface area contributed by atoms with E-state index in [0.29, 0.717) is 35.2 Å². The van der Waals surface area contributed by atoms with Crippen molar-refractivity contribution in [3.05, 3.63) is 52.1 Å². The average Bonchev–Trinajstić information content (AvgIpc) is 2.83. The number of aliphatic hydroxyl groups excluding tert-OH is 1. The number of nitriles is 1. The minimum absolute atomic E-state index is 0.391. The van der Waals surface area contributed by atoms with Gasteiger partial charge in [-0.15, -0.1) is 0 Å². The molecule has 2 aliphatic rings. The lowest BCUT2D eigenvalue weighted by Crippen LogP contribution is -2.38. The van der Waals surface area contributed by atoms with Gasteiger partial charge >= 0.3 is 0 Å². The number of nitrogens with one attached hydrogen (secondary N) is 2. The first-order valence-corrected chi connectivity index (χ1v) is 11.2. The fraction of sp³-hybridized carbons (Fsp3) is 0.375. The van der Waals surface area contributed by atoms with E-state index in [4.69, 9.17) is 31.1 Å². The zero-order chi connectivity index (χ0) is 23.2. The maximum absolute atomic E-state index is 10.7. The average molecular weight is 471 g/mol. The number of morpholine rings is 1. The van der Waals surface area contributed by atoms with Crippen molar-refractivity contribution < 1.29 is 19.3 Å². The van der Waals surface area contributed by atoms with Gasteiger partial charge in [0.05, 0.1) is 31.6 Å². The summed E-state index contributed by atoms with van der Waals surface area (Å²) in [5.74, 6) is 1.11. The van der Waals surface area contributed by atoms with Gasteiger partial charge in [-0.3, -0.25) is 4.90 Å². The van der Waals surface area contributed by atoms with Gasteiger partial charge in [-0.05, 0) is 29.8 Å². The van der Waals surface area contributed by atoms with Crippen molar-refractivity contribution >= 4 is 29.1 Å². The summed E-state index contributed by atoms with van der Waals surface area (Å²) in [6.45, 7) is 5.00. The normalized spacial score (nSPS) is 17.9. The summed E-state index contributed by atoms with van der Waals surface area (Å²) >= 11 is 6.35. The number of halogens is 1. The number of aliphatic hydroxyl groups is 1. The van der Waals surface area contributed by atoms with Crippen LogP contribution in [-0.4, -0.2) is 69.3 Å². The highest BCUT2D eigenvalue weighted by atomic mass is 35.5. The van der Waals surface area contributed by atoms with Crippen LogP contribution in [0.4, 0.5) is 11.4 Å². The first-order valence-electron chi connectivity index (χ1n) is 10.8. The minimum Gasteiger partial charge on any atom is -0.495 e. The van der Waals surface area contributed by atoms with Crippen LogP contribution in [0.3, 0.4) is 0 Å². The van der Waals surface area contributed by atoms with Crippen LogP contribution < -0.4 is 20.1 Å². The van der Waals surface area contributed by atoms with Crippen LogP contribution >= 0.6 is 11.6 Å². The molecule has 33 heavy (non-hydrogen) atoms. The summed E-state index contributed by atoms with van der Waals surface area (Å²) < 4.78 is 16.7. The molecule has 2 aromatic carbocycles. The molecule has 4 rings (SSSR count). The standard InChI is InChI=1S/C24H27ClN4O4/c1-31-21-13-20(3-2-16(21)14-26)27-15-18-10-17-11-19(25)12-22(23(17)28-24(18)30)33-9-6-29-4-7-32-8-5-29/h2-3,10-13,24,27-28,30H,4-9,15H2,1H3. The molecule has 0 radical (unpaired) electrons. The number of ether oxygens (including phenoxy) is 3. The largest absolute Gasteiger partial charge is 0.495 e. The molecular formula is C24H27ClN4O4. The number of nitrogens with zero attached hydrogens (tertiary/aromatic N) is 2. The van der Waals surface area contributed by atoms with Crippen LogP contribution in [0.15, 0.2) is 35.9 Å². The van der Waals surface area contributed by atoms with Gasteiger partial charge in [0.1, 0.15) is 30.4 Å². The number of rotatable bonds is 8. The second kappa shape index (κ2) is 10.8. The quantitative estimate of drug-likeness (QED) is 0.541. The summed E-state index contributed by atoms with van der Waals surface area (Å²) in [6.07, 6.45) is 1.03. The molecule has 0 spiro atoms. The number of hydrogen-bond donors (Lipinski definition) is 3. The molecule has 3 N–H and O–H groups in total. The van der Waals surface area contributed by atoms with E-state index in [1.807, 2.05) is 12.1 Å². The van der Waals surface area contributed by atoms with Crippen molar-refractivity contribution in [2.24, 2.45) is 0 Å². The third kappa shape index (κ3) is 5.70. The fourth-order valence-electron chi connectivity index (χ4n) is 3.85. The molecule has 0 aliphatic carbocycles. The maximum Gasteiger partial charge on any atom is 0.148 e. The van der Waals surface area contributed by atoms with Crippen LogP contribution in [0.1, 0.15) is 11.1 Å². The van der Waals surface area contributed by atoms with Gasteiger partial charge in [-0.2, -0.15) is 5.26 Å². The van der Waals surface area contributed by atoms with E-state index in [9.17, 15) is 5.11 Å². The molecule has 2 aromatic rings. The smallest absolute Gasteiger partial charge is 0.148 e. The number of anilines is 2. The lowest BCUT2D eigenvalue weighted by Gasteiger charge is -2.28. The third-order valence-electron chi connectivity index (χ3n) is 5.66. The van der Waals surface area contributed by atoms with Gasteiger partial charge in [0.2, 0.25) is 0 Å². The lowest BCUT2D eigenvalue weighted by atomic mass is 10.0. The van der Waals surface area contributed by atoms with Gasteiger partial charge in [-0.25, -0.2) is 0 Å². The van der Waals surface area contributed by atoms with E-state index in [-0.39, 0.29) is 0 Å². The van der Waals surface area contributed by atoms with E-state index in [1.54, 1.807) is 24.3 Å². The van der Waals surface area contributed by atoms with Crippen molar-refractivity contribution in [1.82, 2.24) is 4.90 Å². The van der Waals surface area contributed by atoms with Crippen LogP contribution in [0.25, 0.3) is 6.08 Å². The van der Waals surface area contributed by atoms with Crippen molar-refractivity contribution in [3.8, 4) is 17.6 Å². The Kier molecular flexibility index (Phi) is 7.57. The van der Waals surface area contributed by atoms with Gasteiger partial charge in [0, 0.05) is 54.6 Å². The molecule has 174 valence electrons. The number of fused-ring (bicyclic) bond motifs is 1. The number of benzene rings is 2. The Morgan fingerprint density at radius 1 is 1.27 bits per heavy atom.